The van der Waals surface area contributed by atoms with Crippen molar-refractivity contribution in [1.29, 1.82) is 0 Å². The van der Waals surface area contributed by atoms with Crippen LogP contribution in [0.1, 0.15) is 11.1 Å². The highest BCUT2D eigenvalue weighted by molar-refractivity contribution is 5.59. The van der Waals surface area contributed by atoms with Crippen LogP contribution in [0.2, 0.25) is 0 Å². The molecule has 0 fully saturated rings. The Labute approximate surface area is 119 Å². The summed E-state index contributed by atoms with van der Waals surface area (Å²) in [5, 5.41) is 12.3. The van der Waals surface area contributed by atoms with Crippen LogP contribution < -0.4 is 14.8 Å². The highest BCUT2D eigenvalue weighted by Crippen LogP contribution is 2.29. The van der Waals surface area contributed by atoms with Crippen LogP contribution >= 0.6 is 0 Å². The van der Waals surface area contributed by atoms with Gasteiger partial charge in [0.25, 0.3) is 0 Å². The summed E-state index contributed by atoms with van der Waals surface area (Å²) in [6.07, 6.45) is 0. The molecule has 2 rings (SSSR count). The number of rotatable bonds is 6. The lowest BCUT2D eigenvalue weighted by molar-refractivity contribution is 0.282. The summed E-state index contributed by atoms with van der Waals surface area (Å²) >= 11 is 0. The van der Waals surface area contributed by atoms with Gasteiger partial charge in [0.05, 0.1) is 26.5 Å². The van der Waals surface area contributed by atoms with E-state index in [4.69, 9.17) is 14.6 Å². The van der Waals surface area contributed by atoms with Gasteiger partial charge in [0.2, 0.25) is 0 Å². The number of anilines is 1. The van der Waals surface area contributed by atoms with E-state index in [-0.39, 0.29) is 6.61 Å². The first kappa shape index (κ1) is 14.2. The van der Waals surface area contributed by atoms with Crippen LogP contribution in [0.5, 0.6) is 11.5 Å². The number of hydrogen-bond donors (Lipinski definition) is 2. The fourth-order valence-corrected chi connectivity index (χ4v) is 1.90. The van der Waals surface area contributed by atoms with Crippen LogP contribution in [-0.4, -0.2) is 19.3 Å². The van der Waals surface area contributed by atoms with Crippen LogP contribution in [0.3, 0.4) is 0 Å². The van der Waals surface area contributed by atoms with Gasteiger partial charge in [-0.1, -0.05) is 24.3 Å². The summed E-state index contributed by atoms with van der Waals surface area (Å²) < 4.78 is 10.5. The largest absolute Gasteiger partial charge is 0.497 e. The van der Waals surface area contributed by atoms with Crippen LogP contribution in [0.15, 0.2) is 42.5 Å². The Hall–Kier alpha value is -2.20. The molecule has 0 atom stereocenters. The predicted octanol–water partition coefficient (Wildman–Crippen LogP) is 2.81. The smallest absolute Gasteiger partial charge is 0.145 e. The Kier molecular flexibility index (Phi) is 4.85. The van der Waals surface area contributed by atoms with Gasteiger partial charge in [0.15, 0.2) is 0 Å². The van der Waals surface area contributed by atoms with Crippen LogP contribution in [-0.2, 0) is 13.2 Å². The van der Waals surface area contributed by atoms with Crippen molar-refractivity contribution in [2.24, 2.45) is 0 Å². The quantitative estimate of drug-likeness (QED) is 0.849. The van der Waals surface area contributed by atoms with Crippen LogP contribution in [0.25, 0.3) is 0 Å². The van der Waals surface area contributed by atoms with Gasteiger partial charge in [0, 0.05) is 12.6 Å². The van der Waals surface area contributed by atoms with Crippen LogP contribution in [0, 0.1) is 0 Å². The lowest BCUT2D eigenvalue weighted by Crippen LogP contribution is -2.01. The lowest BCUT2D eigenvalue weighted by atomic mass is 10.1. The number of hydrogen-bond acceptors (Lipinski definition) is 4. The normalized spacial score (nSPS) is 10.2. The Morgan fingerprint density at radius 3 is 2.25 bits per heavy atom. The van der Waals surface area contributed by atoms with Gasteiger partial charge in [-0.2, -0.15) is 0 Å². The zero-order valence-corrected chi connectivity index (χ0v) is 11.7. The van der Waals surface area contributed by atoms with Gasteiger partial charge in [-0.3, -0.25) is 0 Å². The minimum atomic E-state index is 0.0695. The van der Waals surface area contributed by atoms with Crippen molar-refractivity contribution in [3.05, 3.63) is 53.6 Å². The molecule has 2 aromatic rings. The molecule has 0 saturated carbocycles. The summed E-state index contributed by atoms with van der Waals surface area (Å²) in [7, 11) is 3.26. The van der Waals surface area contributed by atoms with E-state index in [0.717, 1.165) is 28.3 Å². The van der Waals surface area contributed by atoms with E-state index < -0.39 is 0 Å². The number of nitrogens with one attached hydrogen (secondary N) is 1. The Morgan fingerprint density at radius 2 is 1.65 bits per heavy atom. The number of aliphatic hydroxyl groups is 1. The third kappa shape index (κ3) is 3.42. The molecule has 0 radical (unpaired) electrons. The van der Waals surface area contributed by atoms with Crippen molar-refractivity contribution < 1.29 is 14.6 Å². The zero-order chi connectivity index (χ0) is 14.4. The molecule has 0 aromatic heterocycles. The highest BCUT2D eigenvalue weighted by Gasteiger charge is 2.04. The van der Waals surface area contributed by atoms with Gasteiger partial charge in [-0.25, -0.2) is 0 Å². The second kappa shape index (κ2) is 6.82. The molecule has 106 valence electrons. The van der Waals surface area contributed by atoms with Crippen molar-refractivity contribution in [3.63, 3.8) is 0 Å². The maximum absolute atomic E-state index is 9.01. The molecule has 0 unspecified atom stereocenters. The molecule has 0 amide bonds. The molecular formula is C16H19NO3. The second-order valence-corrected chi connectivity index (χ2v) is 4.39. The van der Waals surface area contributed by atoms with Gasteiger partial charge in [0.1, 0.15) is 11.5 Å². The Bertz CT molecular complexity index is 552. The summed E-state index contributed by atoms with van der Waals surface area (Å²) in [6.45, 7) is 0.758. The fourth-order valence-electron chi connectivity index (χ4n) is 1.90. The second-order valence-electron chi connectivity index (χ2n) is 4.39. The molecule has 4 heteroatoms. The van der Waals surface area contributed by atoms with E-state index >= 15 is 0 Å². The first-order valence-electron chi connectivity index (χ1n) is 6.41. The highest BCUT2D eigenvalue weighted by atomic mass is 16.5. The summed E-state index contributed by atoms with van der Waals surface area (Å²) in [5.41, 5.74) is 2.97. The number of ether oxygens (including phenoxy) is 2. The molecule has 4 nitrogen and oxygen atoms in total. The topological polar surface area (TPSA) is 50.7 Å². The average molecular weight is 273 g/mol. The first-order chi connectivity index (χ1) is 9.76. The maximum atomic E-state index is 9.01. The molecule has 0 aliphatic heterocycles. The first-order valence-corrected chi connectivity index (χ1v) is 6.41. The van der Waals surface area contributed by atoms with Crippen molar-refractivity contribution >= 4 is 5.69 Å². The summed E-state index contributed by atoms with van der Waals surface area (Å²) in [5.74, 6) is 1.51. The molecule has 0 aliphatic carbocycles. The van der Waals surface area contributed by atoms with Gasteiger partial charge < -0.3 is 19.9 Å². The van der Waals surface area contributed by atoms with Gasteiger partial charge in [-0.15, -0.1) is 0 Å². The van der Waals surface area contributed by atoms with Crippen molar-refractivity contribution in [1.82, 2.24) is 0 Å². The molecule has 20 heavy (non-hydrogen) atoms. The van der Waals surface area contributed by atoms with Gasteiger partial charge in [-0.05, 0) is 23.3 Å². The van der Waals surface area contributed by atoms with E-state index in [1.54, 1.807) is 14.2 Å². The molecule has 0 aliphatic rings. The molecule has 0 heterocycles. The van der Waals surface area contributed by atoms with Crippen molar-refractivity contribution in [2.45, 2.75) is 13.2 Å². The van der Waals surface area contributed by atoms with E-state index in [1.807, 2.05) is 42.5 Å². The predicted molar refractivity (Wildman–Crippen MR) is 79.2 cm³/mol. The van der Waals surface area contributed by atoms with E-state index in [1.165, 1.54) is 0 Å². The number of methoxy groups -OCH3 is 2. The van der Waals surface area contributed by atoms with E-state index in [0.29, 0.717) is 6.54 Å². The third-order valence-corrected chi connectivity index (χ3v) is 3.10. The lowest BCUT2D eigenvalue weighted by Gasteiger charge is -2.12. The Balaban J connectivity index is 2.05. The van der Waals surface area contributed by atoms with Crippen molar-refractivity contribution in [2.75, 3.05) is 19.5 Å². The number of benzene rings is 2. The molecule has 0 spiro atoms. The maximum Gasteiger partial charge on any atom is 0.145 e. The number of aliphatic hydroxyl groups excluding tert-OH is 1. The Morgan fingerprint density at radius 1 is 0.950 bits per heavy atom. The van der Waals surface area contributed by atoms with E-state index in [9.17, 15) is 0 Å². The fraction of sp³-hybridized carbons (Fsp3) is 0.250. The minimum Gasteiger partial charge on any atom is -0.497 e. The molecule has 2 aromatic carbocycles. The minimum absolute atomic E-state index is 0.0695. The average Bonchev–Trinajstić information content (AvgIpc) is 2.53. The van der Waals surface area contributed by atoms with Crippen LogP contribution in [0.4, 0.5) is 5.69 Å². The molecular weight excluding hydrogens is 254 g/mol. The van der Waals surface area contributed by atoms with Crippen molar-refractivity contribution in [3.8, 4) is 11.5 Å². The standard InChI is InChI=1S/C16H19NO3/c1-19-14-7-8-15(16(9-14)20-2)17-10-12-3-5-13(11-18)6-4-12/h3-9,17-18H,10-11H2,1-2H3. The monoisotopic (exact) mass is 273 g/mol. The summed E-state index contributed by atoms with van der Waals surface area (Å²) in [6, 6.07) is 13.5. The molecule has 2 N–H and O–H groups in total. The third-order valence-electron chi connectivity index (χ3n) is 3.10. The molecule has 0 saturated heterocycles. The summed E-state index contributed by atoms with van der Waals surface area (Å²) in [4.78, 5) is 0. The van der Waals surface area contributed by atoms with Gasteiger partial charge >= 0.3 is 0 Å². The van der Waals surface area contributed by atoms with E-state index in [2.05, 4.69) is 5.32 Å². The molecule has 0 bridgehead atoms. The zero-order valence-electron chi connectivity index (χ0n) is 11.7. The SMILES string of the molecule is COc1ccc(NCc2ccc(CO)cc2)c(OC)c1.